The summed E-state index contributed by atoms with van der Waals surface area (Å²) in [7, 11) is 0. The lowest BCUT2D eigenvalue weighted by Crippen LogP contribution is -2.07. The summed E-state index contributed by atoms with van der Waals surface area (Å²) in [5.41, 5.74) is 1.35. The molecular formula is C20H32O2. The highest BCUT2D eigenvalue weighted by Gasteiger charge is 2.16. The number of hydrogen-bond donors (Lipinski definition) is 1. The van der Waals surface area contributed by atoms with Crippen LogP contribution >= 0.6 is 0 Å². The Balaban J connectivity index is 2.01. The minimum Gasteiger partial charge on any atom is -0.491 e. The molecule has 124 valence electrons. The molecule has 1 aliphatic carbocycles. The molecule has 0 atom stereocenters. The second-order valence-electron chi connectivity index (χ2n) is 6.57. The fourth-order valence-electron chi connectivity index (χ4n) is 3.58. The van der Waals surface area contributed by atoms with Gasteiger partial charge >= 0.3 is 0 Å². The third-order valence-corrected chi connectivity index (χ3v) is 4.81. The van der Waals surface area contributed by atoms with Crippen molar-refractivity contribution in [1.82, 2.24) is 0 Å². The van der Waals surface area contributed by atoms with Crippen molar-refractivity contribution in [2.24, 2.45) is 0 Å². The molecule has 2 rings (SSSR count). The van der Waals surface area contributed by atoms with E-state index in [1.54, 1.807) is 0 Å². The maximum atomic E-state index is 9.01. The van der Waals surface area contributed by atoms with Gasteiger partial charge in [0.25, 0.3) is 0 Å². The summed E-state index contributed by atoms with van der Waals surface area (Å²) in [4.78, 5) is 0. The van der Waals surface area contributed by atoms with Crippen molar-refractivity contribution in [2.75, 3.05) is 13.2 Å². The van der Waals surface area contributed by atoms with E-state index < -0.39 is 0 Å². The largest absolute Gasteiger partial charge is 0.491 e. The first-order valence-electron chi connectivity index (χ1n) is 9.24. The first-order chi connectivity index (χ1) is 10.9. The molecule has 22 heavy (non-hydrogen) atoms. The molecule has 2 heteroatoms. The Labute approximate surface area is 135 Å². The maximum Gasteiger partial charge on any atom is 0.122 e. The first kappa shape index (κ1) is 17.3. The van der Waals surface area contributed by atoms with Gasteiger partial charge in [-0.3, -0.25) is 0 Å². The molecule has 0 amide bonds. The zero-order valence-corrected chi connectivity index (χ0v) is 13.9. The lowest BCUT2D eigenvalue weighted by molar-refractivity contribution is 0.199. The van der Waals surface area contributed by atoms with Gasteiger partial charge < -0.3 is 9.84 Å². The van der Waals surface area contributed by atoms with Gasteiger partial charge in [0.2, 0.25) is 0 Å². The van der Waals surface area contributed by atoms with E-state index in [0.717, 1.165) is 5.75 Å². The number of hydrogen-bond acceptors (Lipinski definition) is 2. The van der Waals surface area contributed by atoms with E-state index >= 15 is 0 Å². The number of rotatable bonds is 4. The predicted octanol–water partition coefficient (Wildman–Crippen LogP) is 5.45. The van der Waals surface area contributed by atoms with Crippen LogP contribution < -0.4 is 4.74 Å². The molecule has 2 nitrogen and oxygen atoms in total. The molecular weight excluding hydrogens is 272 g/mol. The lowest BCUT2D eigenvalue weighted by atomic mass is 9.87. The van der Waals surface area contributed by atoms with Gasteiger partial charge in [-0.2, -0.15) is 0 Å². The number of ether oxygens (including phenoxy) is 1. The van der Waals surface area contributed by atoms with Gasteiger partial charge in [-0.05, 0) is 30.4 Å². The zero-order chi connectivity index (χ0) is 15.5. The second-order valence-corrected chi connectivity index (χ2v) is 6.57. The third kappa shape index (κ3) is 6.00. The van der Waals surface area contributed by atoms with Crippen LogP contribution in [0.5, 0.6) is 5.75 Å². The predicted molar refractivity (Wildman–Crippen MR) is 92.6 cm³/mol. The van der Waals surface area contributed by atoms with Crippen LogP contribution in [0.1, 0.15) is 82.1 Å². The standard InChI is InChI=1S/C20H32O2/c21-16-17-22-20-15-11-10-14-19(20)18-12-8-6-4-2-1-3-5-7-9-13-18/h10-11,14-15,18,21H,1-9,12-13,16-17H2. The van der Waals surface area contributed by atoms with Crippen molar-refractivity contribution < 1.29 is 9.84 Å². The van der Waals surface area contributed by atoms with Crippen molar-refractivity contribution in [2.45, 2.75) is 76.5 Å². The molecule has 1 N–H and O–H groups in total. The molecule has 1 aromatic rings. The SMILES string of the molecule is OCCOc1ccccc1C1CCCCCCCCCCC1. The molecule has 1 saturated carbocycles. The smallest absolute Gasteiger partial charge is 0.122 e. The Kier molecular flexibility index (Phi) is 8.40. The summed E-state index contributed by atoms with van der Waals surface area (Å²) in [6.07, 6.45) is 15.0. The molecule has 0 radical (unpaired) electrons. The molecule has 1 aliphatic rings. The number of benzene rings is 1. The maximum absolute atomic E-state index is 9.01. The number of para-hydroxylation sites is 1. The van der Waals surface area contributed by atoms with E-state index in [2.05, 4.69) is 18.2 Å². The van der Waals surface area contributed by atoms with E-state index in [-0.39, 0.29) is 6.61 Å². The van der Waals surface area contributed by atoms with Crippen LogP contribution in [-0.2, 0) is 0 Å². The molecule has 0 heterocycles. The molecule has 1 aromatic carbocycles. The van der Waals surface area contributed by atoms with Crippen LogP contribution in [0.2, 0.25) is 0 Å². The van der Waals surface area contributed by atoms with Crippen LogP contribution in [0, 0.1) is 0 Å². The third-order valence-electron chi connectivity index (χ3n) is 4.81. The average Bonchev–Trinajstić information content (AvgIpc) is 2.54. The highest BCUT2D eigenvalue weighted by Crippen LogP contribution is 2.35. The van der Waals surface area contributed by atoms with Crippen molar-refractivity contribution in [1.29, 1.82) is 0 Å². The summed E-state index contributed by atoms with van der Waals surface area (Å²) >= 11 is 0. The van der Waals surface area contributed by atoms with Crippen molar-refractivity contribution in [3.63, 3.8) is 0 Å². The molecule has 0 bridgehead atoms. The minimum absolute atomic E-state index is 0.0823. The number of aliphatic hydroxyl groups excluding tert-OH is 1. The average molecular weight is 304 g/mol. The van der Waals surface area contributed by atoms with Crippen LogP contribution in [-0.4, -0.2) is 18.3 Å². The molecule has 1 fully saturated rings. The minimum atomic E-state index is 0.0823. The van der Waals surface area contributed by atoms with Crippen molar-refractivity contribution in [3.05, 3.63) is 29.8 Å². The first-order valence-corrected chi connectivity index (χ1v) is 9.24. The van der Waals surface area contributed by atoms with Gasteiger partial charge in [-0.25, -0.2) is 0 Å². The highest BCUT2D eigenvalue weighted by molar-refractivity contribution is 5.36. The Hall–Kier alpha value is -1.02. The Bertz CT molecular complexity index is 390. The molecule has 0 spiro atoms. The monoisotopic (exact) mass is 304 g/mol. The van der Waals surface area contributed by atoms with Gasteiger partial charge in [0.15, 0.2) is 0 Å². The topological polar surface area (TPSA) is 29.5 Å². The summed E-state index contributed by atoms with van der Waals surface area (Å²) in [5.74, 6) is 1.60. The zero-order valence-electron chi connectivity index (χ0n) is 13.9. The fourth-order valence-corrected chi connectivity index (χ4v) is 3.58. The summed E-state index contributed by atoms with van der Waals surface area (Å²) in [6.45, 7) is 0.475. The number of aliphatic hydroxyl groups is 1. The van der Waals surface area contributed by atoms with Crippen LogP contribution in [0.4, 0.5) is 0 Å². The van der Waals surface area contributed by atoms with Crippen LogP contribution in [0.3, 0.4) is 0 Å². The summed E-state index contributed by atoms with van der Waals surface area (Å²) in [5, 5.41) is 9.01. The van der Waals surface area contributed by atoms with Gasteiger partial charge in [0.1, 0.15) is 12.4 Å². The van der Waals surface area contributed by atoms with Crippen molar-refractivity contribution in [3.8, 4) is 5.75 Å². The summed E-state index contributed by atoms with van der Waals surface area (Å²) in [6, 6.07) is 8.44. The van der Waals surface area contributed by atoms with Crippen LogP contribution in [0.15, 0.2) is 24.3 Å². The van der Waals surface area contributed by atoms with Gasteiger partial charge in [-0.15, -0.1) is 0 Å². The Morgan fingerprint density at radius 2 is 1.36 bits per heavy atom. The van der Waals surface area contributed by atoms with Crippen molar-refractivity contribution >= 4 is 0 Å². The van der Waals surface area contributed by atoms with Gasteiger partial charge in [0, 0.05) is 0 Å². The van der Waals surface area contributed by atoms with E-state index in [1.807, 2.05) is 6.07 Å². The normalized spacial score (nSPS) is 19.1. The van der Waals surface area contributed by atoms with Gasteiger partial charge in [0.05, 0.1) is 6.61 Å². The molecule has 0 saturated heterocycles. The quantitative estimate of drug-likeness (QED) is 0.802. The Morgan fingerprint density at radius 1 is 0.818 bits per heavy atom. The highest BCUT2D eigenvalue weighted by atomic mass is 16.5. The molecule has 0 aromatic heterocycles. The lowest BCUT2D eigenvalue weighted by Gasteiger charge is -2.21. The van der Waals surface area contributed by atoms with Crippen LogP contribution in [0.25, 0.3) is 0 Å². The second kappa shape index (κ2) is 10.7. The van der Waals surface area contributed by atoms with Gasteiger partial charge in [-0.1, -0.05) is 76.0 Å². The Morgan fingerprint density at radius 3 is 1.95 bits per heavy atom. The van der Waals surface area contributed by atoms with E-state index in [1.165, 1.54) is 76.2 Å². The van der Waals surface area contributed by atoms with E-state index in [0.29, 0.717) is 12.5 Å². The molecule has 0 unspecified atom stereocenters. The summed E-state index contributed by atoms with van der Waals surface area (Å²) < 4.78 is 5.76. The molecule has 0 aliphatic heterocycles. The fraction of sp³-hybridized carbons (Fsp3) is 0.700. The van der Waals surface area contributed by atoms with E-state index in [9.17, 15) is 0 Å². The van der Waals surface area contributed by atoms with E-state index in [4.69, 9.17) is 9.84 Å².